The van der Waals surface area contributed by atoms with Gasteiger partial charge in [-0.25, -0.2) is 0 Å². The van der Waals surface area contributed by atoms with Crippen molar-refractivity contribution in [2.75, 3.05) is 0 Å². The van der Waals surface area contributed by atoms with Crippen molar-refractivity contribution >= 4 is 17.5 Å². The molecule has 2 heteroatoms. The van der Waals surface area contributed by atoms with Crippen molar-refractivity contribution in [1.29, 1.82) is 0 Å². The zero-order chi connectivity index (χ0) is 12.3. The summed E-state index contributed by atoms with van der Waals surface area (Å²) in [5.74, 6) is 2.73. The number of terminal acetylenes is 1. The minimum atomic E-state index is -0.0912. The molecule has 0 saturated carbocycles. The van der Waals surface area contributed by atoms with E-state index in [1.54, 1.807) is 0 Å². The molecule has 0 saturated heterocycles. The second-order valence-corrected chi connectivity index (χ2v) is 6.00. The first-order valence-corrected chi connectivity index (χ1v) is 6.85. The number of thioether (sulfide) groups is 1. The average Bonchev–Trinajstić information content (AvgIpc) is 2.35. The molecule has 1 aliphatic rings. The van der Waals surface area contributed by atoms with Crippen molar-refractivity contribution in [3.05, 3.63) is 29.8 Å². The first-order valence-electron chi connectivity index (χ1n) is 6.03. The van der Waals surface area contributed by atoms with Crippen molar-refractivity contribution in [1.82, 2.24) is 0 Å². The maximum absolute atomic E-state index is 5.58. The van der Waals surface area contributed by atoms with Crippen molar-refractivity contribution in [3.8, 4) is 12.3 Å². The van der Waals surface area contributed by atoms with Crippen LogP contribution >= 0.6 is 11.8 Å². The molecule has 1 aromatic rings. The summed E-state index contributed by atoms with van der Waals surface area (Å²) in [6, 6.07) is 8.27. The highest BCUT2D eigenvalue weighted by atomic mass is 32.2. The van der Waals surface area contributed by atoms with E-state index in [4.69, 9.17) is 11.4 Å². The van der Waals surface area contributed by atoms with Gasteiger partial charge in [-0.15, -0.1) is 6.42 Å². The van der Waals surface area contributed by atoms with Crippen LogP contribution < -0.4 is 0 Å². The fourth-order valence-electron chi connectivity index (χ4n) is 2.03. The molecule has 1 atom stereocenters. The molecule has 0 N–H and O–H groups in total. The summed E-state index contributed by atoms with van der Waals surface area (Å²) in [4.78, 5) is 5.92. The quantitative estimate of drug-likeness (QED) is 0.727. The van der Waals surface area contributed by atoms with E-state index in [-0.39, 0.29) is 4.87 Å². The first-order chi connectivity index (χ1) is 8.18. The third-order valence-electron chi connectivity index (χ3n) is 2.95. The van der Waals surface area contributed by atoms with E-state index >= 15 is 0 Å². The normalized spacial score (nSPS) is 22.5. The molecule has 1 unspecified atom stereocenters. The molecule has 0 aliphatic carbocycles. The highest BCUT2D eigenvalue weighted by Gasteiger charge is 2.30. The molecular weight excluding hydrogens is 226 g/mol. The Kier molecular flexibility index (Phi) is 3.59. The van der Waals surface area contributed by atoms with Gasteiger partial charge < -0.3 is 0 Å². The largest absolute Gasteiger partial charge is 0.258 e. The van der Waals surface area contributed by atoms with Gasteiger partial charge in [-0.2, -0.15) is 0 Å². The van der Waals surface area contributed by atoms with E-state index < -0.39 is 0 Å². The van der Waals surface area contributed by atoms with Gasteiger partial charge in [0.15, 0.2) is 0 Å². The topological polar surface area (TPSA) is 12.4 Å². The second kappa shape index (κ2) is 4.98. The number of unbranched alkanes of at least 4 members (excludes halogenated alkanes) is 1. The van der Waals surface area contributed by atoms with Gasteiger partial charge in [0.2, 0.25) is 0 Å². The Balaban J connectivity index is 2.37. The van der Waals surface area contributed by atoms with Gasteiger partial charge in [-0.3, -0.25) is 4.99 Å². The molecule has 0 radical (unpaired) electrons. The molecule has 0 fully saturated rings. The minimum Gasteiger partial charge on any atom is -0.258 e. The molecule has 88 valence electrons. The lowest BCUT2D eigenvalue weighted by Crippen LogP contribution is -2.24. The van der Waals surface area contributed by atoms with E-state index in [1.165, 1.54) is 17.7 Å². The van der Waals surface area contributed by atoms with Crippen molar-refractivity contribution in [2.24, 2.45) is 4.99 Å². The summed E-state index contributed by atoms with van der Waals surface area (Å²) >= 11 is 1.84. The lowest BCUT2D eigenvalue weighted by Gasteiger charge is -2.30. The summed E-state index contributed by atoms with van der Waals surface area (Å²) < 4.78 is 0. The molecule has 0 amide bonds. The molecule has 17 heavy (non-hydrogen) atoms. The third-order valence-corrected chi connectivity index (χ3v) is 4.26. The zero-order valence-electron chi connectivity index (χ0n) is 10.4. The predicted octanol–water partition coefficient (Wildman–Crippen LogP) is 4.12. The van der Waals surface area contributed by atoms with Gasteiger partial charge in [0.25, 0.3) is 0 Å². The Morgan fingerprint density at radius 3 is 2.88 bits per heavy atom. The molecule has 1 aliphatic heterocycles. The van der Waals surface area contributed by atoms with E-state index in [2.05, 4.69) is 38.0 Å². The SMILES string of the molecule is C#CC1=NC(C)(CCCC)Sc2ccccc21. The molecule has 0 bridgehead atoms. The van der Waals surface area contributed by atoms with Gasteiger partial charge in [-0.05, 0) is 25.3 Å². The minimum absolute atomic E-state index is 0.0912. The molecule has 1 nitrogen and oxygen atoms in total. The van der Waals surface area contributed by atoms with Crippen molar-refractivity contribution in [3.63, 3.8) is 0 Å². The van der Waals surface area contributed by atoms with Crippen LogP contribution in [0.2, 0.25) is 0 Å². The van der Waals surface area contributed by atoms with Gasteiger partial charge in [0, 0.05) is 10.5 Å². The summed E-state index contributed by atoms with van der Waals surface area (Å²) in [6.45, 7) is 4.39. The summed E-state index contributed by atoms with van der Waals surface area (Å²) in [5, 5.41) is 0. The number of rotatable bonds is 3. The summed E-state index contributed by atoms with van der Waals surface area (Å²) in [5.41, 5.74) is 1.91. The highest BCUT2D eigenvalue weighted by molar-refractivity contribution is 8.00. The lowest BCUT2D eigenvalue weighted by molar-refractivity contribution is 0.573. The van der Waals surface area contributed by atoms with Crippen LogP contribution in [0.15, 0.2) is 34.2 Å². The molecular formula is C15H17NS. The molecule has 0 spiro atoms. The monoisotopic (exact) mass is 243 g/mol. The number of hydrogen-bond donors (Lipinski definition) is 0. The van der Waals surface area contributed by atoms with E-state index in [9.17, 15) is 0 Å². The molecule has 1 aromatic carbocycles. The fraction of sp³-hybridized carbons (Fsp3) is 0.400. The van der Waals surface area contributed by atoms with Crippen LogP contribution in [-0.2, 0) is 0 Å². The van der Waals surface area contributed by atoms with Gasteiger partial charge in [-0.1, -0.05) is 49.7 Å². The highest BCUT2D eigenvalue weighted by Crippen LogP contribution is 2.43. The van der Waals surface area contributed by atoms with Crippen molar-refractivity contribution < 1.29 is 0 Å². The fourth-order valence-corrected chi connectivity index (χ4v) is 3.31. The number of aliphatic imine (C=N–C) groups is 1. The number of hydrogen-bond acceptors (Lipinski definition) is 2. The zero-order valence-corrected chi connectivity index (χ0v) is 11.2. The van der Waals surface area contributed by atoms with E-state index in [1.807, 2.05) is 17.8 Å². The first kappa shape index (κ1) is 12.3. The Labute approximate surface area is 108 Å². The molecule has 1 heterocycles. The Morgan fingerprint density at radius 1 is 1.41 bits per heavy atom. The standard InChI is InChI=1S/C15H17NS/c1-4-6-11-15(3)16-13(5-2)12-9-7-8-10-14(12)17-15/h2,7-10H,4,6,11H2,1,3H3. The Hall–Kier alpha value is -1.20. The van der Waals surface area contributed by atoms with Gasteiger partial charge >= 0.3 is 0 Å². The van der Waals surface area contributed by atoms with Crippen LogP contribution in [0.25, 0.3) is 0 Å². The maximum atomic E-state index is 5.58. The molecule has 0 aromatic heterocycles. The third kappa shape index (κ3) is 2.56. The number of fused-ring (bicyclic) bond motifs is 1. The molecule has 2 rings (SSSR count). The van der Waals surface area contributed by atoms with Crippen LogP contribution in [0.3, 0.4) is 0 Å². The number of nitrogens with zero attached hydrogens (tertiary/aromatic N) is 1. The van der Waals surface area contributed by atoms with Crippen LogP contribution in [0, 0.1) is 12.3 Å². The Morgan fingerprint density at radius 2 is 2.18 bits per heavy atom. The Bertz CT molecular complexity index is 484. The van der Waals surface area contributed by atoms with E-state index in [0.29, 0.717) is 0 Å². The van der Waals surface area contributed by atoms with Crippen molar-refractivity contribution in [2.45, 2.75) is 42.9 Å². The van der Waals surface area contributed by atoms with Crippen LogP contribution in [-0.4, -0.2) is 10.6 Å². The second-order valence-electron chi connectivity index (χ2n) is 4.48. The van der Waals surface area contributed by atoms with Gasteiger partial charge in [0.05, 0.1) is 0 Å². The number of benzene rings is 1. The van der Waals surface area contributed by atoms with Crippen LogP contribution in [0.4, 0.5) is 0 Å². The smallest absolute Gasteiger partial charge is 0.117 e. The lowest BCUT2D eigenvalue weighted by atomic mass is 10.1. The van der Waals surface area contributed by atoms with Gasteiger partial charge in [0.1, 0.15) is 10.6 Å². The van der Waals surface area contributed by atoms with Crippen LogP contribution in [0.5, 0.6) is 0 Å². The predicted molar refractivity (Wildman–Crippen MR) is 75.6 cm³/mol. The van der Waals surface area contributed by atoms with Crippen LogP contribution in [0.1, 0.15) is 38.7 Å². The average molecular weight is 243 g/mol. The summed E-state index contributed by atoms with van der Waals surface area (Å²) in [6.07, 6.45) is 9.04. The van der Waals surface area contributed by atoms with E-state index in [0.717, 1.165) is 17.7 Å². The maximum Gasteiger partial charge on any atom is 0.117 e. The summed E-state index contributed by atoms with van der Waals surface area (Å²) in [7, 11) is 0.